The van der Waals surface area contributed by atoms with Gasteiger partial charge in [-0.3, -0.25) is 9.59 Å². The van der Waals surface area contributed by atoms with Crippen molar-refractivity contribution in [3.8, 4) is 0 Å². The summed E-state index contributed by atoms with van der Waals surface area (Å²) in [5.41, 5.74) is 7.05. The largest absolute Gasteiger partial charge is 0.481 e. The first-order chi connectivity index (χ1) is 10.6. The zero-order valence-electron chi connectivity index (χ0n) is 12.0. The zero-order valence-corrected chi connectivity index (χ0v) is 12.0. The van der Waals surface area contributed by atoms with Crippen molar-refractivity contribution in [2.24, 2.45) is 5.73 Å². The third kappa shape index (κ3) is 1.99. The highest BCUT2D eigenvalue weighted by Gasteiger charge is 2.47. The Bertz CT molecular complexity index is 726. The number of hydrogen-bond donors (Lipinski definition) is 2. The Morgan fingerprint density at radius 1 is 1.05 bits per heavy atom. The molecule has 1 aliphatic rings. The Hall–Kier alpha value is -2.62. The first-order valence-electron chi connectivity index (χ1n) is 7.25. The summed E-state index contributed by atoms with van der Waals surface area (Å²) in [4.78, 5) is 23.9. The van der Waals surface area contributed by atoms with E-state index in [0.717, 1.165) is 5.56 Å². The van der Waals surface area contributed by atoms with Gasteiger partial charge in [0.05, 0.1) is 11.3 Å². The Balaban J connectivity index is 2.27. The Labute approximate surface area is 128 Å². The summed E-state index contributed by atoms with van der Waals surface area (Å²) in [5, 5.41) is 9.45. The van der Waals surface area contributed by atoms with Crippen LogP contribution in [0.1, 0.15) is 35.4 Å². The fraction of sp³-hybridized carbons (Fsp3) is 0.222. The molecule has 0 saturated carbocycles. The summed E-state index contributed by atoms with van der Waals surface area (Å²) in [6.45, 7) is 0. The first-order valence-corrected chi connectivity index (χ1v) is 7.25. The van der Waals surface area contributed by atoms with Crippen molar-refractivity contribution in [2.75, 3.05) is 0 Å². The fourth-order valence-electron chi connectivity index (χ4n) is 3.52. The molecule has 2 atom stereocenters. The fourth-order valence-corrected chi connectivity index (χ4v) is 3.52. The number of nitrogens with two attached hydrogens (primary N) is 1. The standard InChI is InChI=1S/C18H17NO3/c19-17(22)18(12-6-2-1-3-7-12)11-10-14(16(20)21)13-8-4-5-9-15(13)18/h1-9,14H,10-11H2,(H2,19,22)(H,20,21). The maximum atomic E-state index is 12.4. The molecule has 0 bridgehead atoms. The van der Waals surface area contributed by atoms with Gasteiger partial charge >= 0.3 is 5.97 Å². The van der Waals surface area contributed by atoms with E-state index in [1.165, 1.54) is 0 Å². The van der Waals surface area contributed by atoms with Crippen molar-refractivity contribution in [3.05, 3.63) is 71.3 Å². The van der Waals surface area contributed by atoms with Gasteiger partial charge in [0, 0.05) is 0 Å². The van der Waals surface area contributed by atoms with Gasteiger partial charge in [0.1, 0.15) is 0 Å². The van der Waals surface area contributed by atoms with E-state index in [1.54, 1.807) is 12.1 Å². The SMILES string of the molecule is NC(=O)C1(c2ccccc2)CCC(C(=O)O)c2ccccc21. The number of carboxylic acids is 1. The van der Waals surface area contributed by atoms with Crippen LogP contribution < -0.4 is 5.73 Å². The van der Waals surface area contributed by atoms with Gasteiger partial charge in [-0.15, -0.1) is 0 Å². The van der Waals surface area contributed by atoms with Gasteiger partial charge in [-0.25, -0.2) is 0 Å². The Morgan fingerprint density at radius 2 is 1.68 bits per heavy atom. The number of carbonyl (C=O) groups excluding carboxylic acids is 1. The average Bonchev–Trinajstić information content (AvgIpc) is 2.54. The van der Waals surface area contributed by atoms with Crippen molar-refractivity contribution in [1.29, 1.82) is 0 Å². The molecule has 112 valence electrons. The average molecular weight is 295 g/mol. The van der Waals surface area contributed by atoms with E-state index in [0.29, 0.717) is 24.0 Å². The van der Waals surface area contributed by atoms with E-state index < -0.39 is 23.2 Å². The second-order valence-electron chi connectivity index (χ2n) is 5.65. The molecular formula is C18H17NO3. The molecule has 3 rings (SSSR count). The van der Waals surface area contributed by atoms with Crippen LogP contribution in [-0.4, -0.2) is 17.0 Å². The third-order valence-corrected chi connectivity index (χ3v) is 4.59. The van der Waals surface area contributed by atoms with E-state index in [-0.39, 0.29) is 0 Å². The number of carbonyl (C=O) groups is 2. The molecule has 3 N–H and O–H groups in total. The Kier molecular flexibility index (Phi) is 3.45. The van der Waals surface area contributed by atoms with Crippen LogP contribution in [0, 0.1) is 0 Å². The molecule has 0 heterocycles. The van der Waals surface area contributed by atoms with E-state index >= 15 is 0 Å². The monoisotopic (exact) mass is 295 g/mol. The van der Waals surface area contributed by atoms with E-state index in [4.69, 9.17) is 5.73 Å². The molecular weight excluding hydrogens is 278 g/mol. The van der Waals surface area contributed by atoms with Crippen LogP contribution in [0.4, 0.5) is 0 Å². The molecule has 0 aromatic heterocycles. The quantitative estimate of drug-likeness (QED) is 0.912. The number of primary amides is 1. The van der Waals surface area contributed by atoms with E-state index in [2.05, 4.69) is 0 Å². The van der Waals surface area contributed by atoms with Crippen LogP contribution in [0.5, 0.6) is 0 Å². The summed E-state index contributed by atoms with van der Waals surface area (Å²) >= 11 is 0. The summed E-state index contributed by atoms with van der Waals surface area (Å²) in [6, 6.07) is 16.6. The lowest BCUT2D eigenvalue weighted by Crippen LogP contribution is -2.46. The van der Waals surface area contributed by atoms with Crippen LogP contribution in [0.15, 0.2) is 54.6 Å². The number of hydrogen-bond acceptors (Lipinski definition) is 2. The van der Waals surface area contributed by atoms with Gasteiger partial charge in [-0.05, 0) is 29.5 Å². The minimum Gasteiger partial charge on any atom is -0.481 e. The number of fused-ring (bicyclic) bond motifs is 1. The minimum absolute atomic E-state index is 0.393. The lowest BCUT2D eigenvalue weighted by Gasteiger charge is -2.39. The highest BCUT2D eigenvalue weighted by Crippen LogP contribution is 2.46. The van der Waals surface area contributed by atoms with Gasteiger partial charge in [-0.1, -0.05) is 54.6 Å². The van der Waals surface area contributed by atoms with E-state index in [1.807, 2.05) is 42.5 Å². The summed E-state index contributed by atoms with van der Waals surface area (Å²) in [5.74, 6) is -1.89. The Morgan fingerprint density at radius 3 is 2.32 bits per heavy atom. The van der Waals surface area contributed by atoms with Crippen LogP contribution in [0.25, 0.3) is 0 Å². The second-order valence-corrected chi connectivity index (χ2v) is 5.65. The lowest BCUT2D eigenvalue weighted by atomic mass is 9.63. The predicted octanol–water partition coefficient (Wildman–Crippen LogP) is 2.42. The molecule has 2 unspecified atom stereocenters. The van der Waals surface area contributed by atoms with Gasteiger partial charge in [0.2, 0.25) is 5.91 Å². The van der Waals surface area contributed by atoms with E-state index in [9.17, 15) is 14.7 Å². The molecule has 2 aromatic carbocycles. The molecule has 22 heavy (non-hydrogen) atoms. The second kappa shape index (κ2) is 5.30. The highest BCUT2D eigenvalue weighted by atomic mass is 16.4. The molecule has 4 nitrogen and oxygen atoms in total. The molecule has 0 spiro atoms. The van der Waals surface area contributed by atoms with Crippen molar-refractivity contribution < 1.29 is 14.7 Å². The summed E-state index contributed by atoms with van der Waals surface area (Å²) < 4.78 is 0. The number of aliphatic carboxylic acids is 1. The van der Waals surface area contributed by atoms with Crippen LogP contribution in [0.2, 0.25) is 0 Å². The van der Waals surface area contributed by atoms with Crippen LogP contribution >= 0.6 is 0 Å². The minimum atomic E-state index is -0.955. The number of rotatable bonds is 3. The van der Waals surface area contributed by atoms with Crippen LogP contribution in [0.3, 0.4) is 0 Å². The van der Waals surface area contributed by atoms with Gasteiger partial charge in [-0.2, -0.15) is 0 Å². The normalized spacial score (nSPS) is 23.5. The molecule has 2 aromatic rings. The molecule has 0 radical (unpaired) electrons. The third-order valence-electron chi connectivity index (χ3n) is 4.59. The maximum Gasteiger partial charge on any atom is 0.310 e. The van der Waals surface area contributed by atoms with Crippen molar-refractivity contribution in [2.45, 2.75) is 24.2 Å². The lowest BCUT2D eigenvalue weighted by molar-refractivity contribution is -0.139. The molecule has 0 aliphatic heterocycles. The topological polar surface area (TPSA) is 80.4 Å². The summed E-state index contributed by atoms with van der Waals surface area (Å²) in [7, 11) is 0. The molecule has 1 aliphatic carbocycles. The van der Waals surface area contributed by atoms with Gasteiger partial charge in [0.25, 0.3) is 0 Å². The van der Waals surface area contributed by atoms with Crippen molar-refractivity contribution in [1.82, 2.24) is 0 Å². The highest BCUT2D eigenvalue weighted by molar-refractivity contribution is 5.93. The smallest absolute Gasteiger partial charge is 0.310 e. The predicted molar refractivity (Wildman–Crippen MR) is 82.5 cm³/mol. The van der Waals surface area contributed by atoms with Gasteiger partial charge < -0.3 is 10.8 Å². The maximum absolute atomic E-state index is 12.4. The number of benzene rings is 2. The number of carboxylic acid groups (broad SMARTS) is 1. The van der Waals surface area contributed by atoms with Gasteiger partial charge in [0.15, 0.2) is 0 Å². The van der Waals surface area contributed by atoms with Crippen molar-refractivity contribution in [3.63, 3.8) is 0 Å². The number of amides is 1. The zero-order chi connectivity index (χ0) is 15.7. The molecule has 1 amide bonds. The first kappa shape index (κ1) is 14.3. The molecule has 4 heteroatoms. The van der Waals surface area contributed by atoms with Crippen LogP contribution in [-0.2, 0) is 15.0 Å². The molecule has 0 fully saturated rings. The summed E-state index contributed by atoms with van der Waals surface area (Å²) in [6.07, 6.45) is 0.796. The van der Waals surface area contributed by atoms with Crippen molar-refractivity contribution >= 4 is 11.9 Å². The molecule has 0 saturated heterocycles.